The van der Waals surface area contributed by atoms with Gasteiger partial charge in [0.05, 0.1) is 17.8 Å². The first-order valence-electron chi connectivity index (χ1n) is 9.38. The van der Waals surface area contributed by atoms with Crippen LogP contribution in [0.5, 0.6) is 5.75 Å². The zero-order valence-corrected chi connectivity index (χ0v) is 16.1. The van der Waals surface area contributed by atoms with E-state index in [0.717, 1.165) is 28.9 Å². The highest BCUT2D eigenvalue weighted by atomic mass is 16.5. The molecular weight excluding hydrogens is 350 g/mol. The molecule has 3 aromatic rings. The average Bonchev–Trinajstić information content (AvgIpc) is 2.73. The van der Waals surface area contributed by atoms with Gasteiger partial charge in [0, 0.05) is 26.0 Å². The highest BCUT2D eigenvalue weighted by Crippen LogP contribution is 2.39. The Morgan fingerprint density at radius 2 is 2.07 bits per heavy atom. The number of hydrogen-bond donors (Lipinski definition) is 1. The number of likely N-dealkylation sites (N-methyl/N-ethyl adjacent to an activating group) is 1. The van der Waals surface area contributed by atoms with Gasteiger partial charge in [-0.15, -0.1) is 0 Å². The maximum atomic E-state index is 13.0. The average molecular weight is 373 g/mol. The van der Waals surface area contributed by atoms with Crippen LogP contribution in [0.2, 0.25) is 0 Å². The van der Waals surface area contributed by atoms with E-state index >= 15 is 0 Å². The molecule has 1 aliphatic rings. The van der Waals surface area contributed by atoms with Gasteiger partial charge in [-0.05, 0) is 47.4 Å². The van der Waals surface area contributed by atoms with Gasteiger partial charge in [0.25, 0.3) is 5.91 Å². The minimum Gasteiger partial charge on any atom is -0.489 e. The molecule has 4 rings (SSSR count). The fourth-order valence-corrected chi connectivity index (χ4v) is 3.46. The number of benzene rings is 2. The Hall–Kier alpha value is -3.34. The zero-order chi connectivity index (χ0) is 19.5. The number of ether oxygens (including phenoxy) is 1. The molecule has 0 saturated carbocycles. The normalized spacial score (nSPS) is 12.9. The molecule has 5 nitrogen and oxygen atoms in total. The first-order valence-corrected chi connectivity index (χ1v) is 9.38. The molecule has 0 spiro atoms. The van der Waals surface area contributed by atoms with Crippen molar-refractivity contribution in [3.8, 4) is 16.9 Å². The van der Waals surface area contributed by atoms with Crippen LogP contribution in [0.1, 0.15) is 21.5 Å². The number of aryl methyl sites for hydroxylation is 1. The molecule has 1 amide bonds. The Labute approximate surface area is 165 Å². The Morgan fingerprint density at radius 3 is 2.86 bits per heavy atom. The molecule has 0 saturated heterocycles. The summed E-state index contributed by atoms with van der Waals surface area (Å²) in [6, 6.07) is 16.0. The SMILES string of the molecule is Cc1ccccc1-c1cc(C(=O)NCc2cccnc2)c2c(c1)N(C)CCO2. The summed E-state index contributed by atoms with van der Waals surface area (Å²) in [4.78, 5) is 19.3. The second-order valence-electron chi connectivity index (χ2n) is 7.00. The molecule has 1 aromatic heterocycles. The topological polar surface area (TPSA) is 54.5 Å². The number of nitrogens with one attached hydrogen (secondary N) is 1. The van der Waals surface area contributed by atoms with Crippen molar-refractivity contribution >= 4 is 11.6 Å². The van der Waals surface area contributed by atoms with E-state index in [0.29, 0.717) is 24.5 Å². The molecule has 28 heavy (non-hydrogen) atoms. The van der Waals surface area contributed by atoms with E-state index in [9.17, 15) is 4.79 Å². The Morgan fingerprint density at radius 1 is 1.21 bits per heavy atom. The number of carbonyl (C=O) groups excluding carboxylic acids is 1. The van der Waals surface area contributed by atoms with Gasteiger partial charge >= 0.3 is 0 Å². The zero-order valence-electron chi connectivity index (χ0n) is 16.1. The molecule has 0 atom stereocenters. The highest BCUT2D eigenvalue weighted by Gasteiger charge is 2.24. The van der Waals surface area contributed by atoms with Gasteiger partial charge in [-0.2, -0.15) is 0 Å². The number of pyridine rings is 1. The summed E-state index contributed by atoms with van der Waals surface area (Å²) in [5.41, 5.74) is 5.76. The number of anilines is 1. The van der Waals surface area contributed by atoms with Crippen molar-refractivity contribution in [2.45, 2.75) is 13.5 Å². The molecule has 5 heteroatoms. The predicted molar refractivity (Wildman–Crippen MR) is 111 cm³/mol. The first kappa shape index (κ1) is 18.0. The molecule has 0 aliphatic carbocycles. The standard InChI is InChI=1S/C23H23N3O2/c1-16-6-3-4-8-19(16)18-12-20(22-21(13-18)26(2)10-11-28-22)23(27)25-15-17-7-5-9-24-14-17/h3-9,12-14H,10-11,15H2,1-2H3,(H,25,27). The summed E-state index contributed by atoms with van der Waals surface area (Å²) in [5.74, 6) is 0.501. The summed E-state index contributed by atoms with van der Waals surface area (Å²) < 4.78 is 5.90. The fourth-order valence-electron chi connectivity index (χ4n) is 3.46. The molecule has 0 radical (unpaired) electrons. The molecule has 0 bridgehead atoms. The van der Waals surface area contributed by atoms with Crippen molar-refractivity contribution in [1.82, 2.24) is 10.3 Å². The van der Waals surface area contributed by atoms with E-state index in [1.54, 1.807) is 12.4 Å². The van der Waals surface area contributed by atoms with Gasteiger partial charge in [-0.3, -0.25) is 9.78 Å². The maximum Gasteiger partial charge on any atom is 0.255 e. The van der Waals surface area contributed by atoms with Gasteiger partial charge in [0.2, 0.25) is 0 Å². The highest BCUT2D eigenvalue weighted by molar-refractivity contribution is 6.01. The molecule has 142 valence electrons. The second kappa shape index (κ2) is 7.72. The molecule has 0 fully saturated rings. The second-order valence-corrected chi connectivity index (χ2v) is 7.00. The minimum atomic E-state index is -0.147. The van der Waals surface area contributed by atoms with Crippen LogP contribution in [0.3, 0.4) is 0 Å². The van der Waals surface area contributed by atoms with Crippen molar-refractivity contribution < 1.29 is 9.53 Å². The molecule has 2 aromatic carbocycles. The van der Waals surface area contributed by atoms with Crippen LogP contribution in [0.4, 0.5) is 5.69 Å². The van der Waals surface area contributed by atoms with E-state index in [4.69, 9.17) is 4.74 Å². The van der Waals surface area contributed by atoms with Crippen molar-refractivity contribution in [3.63, 3.8) is 0 Å². The summed E-state index contributed by atoms with van der Waals surface area (Å²) in [5, 5.41) is 3.00. The summed E-state index contributed by atoms with van der Waals surface area (Å²) in [7, 11) is 2.03. The van der Waals surface area contributed by atoms with E-state index in [2.05, 4.69) is 40.3 Å². The molecule has 0 unspecified atom stereocenters. The van der Waals surface area contributed by atoms with Crippen LogP contribution in [-0.2, 0) is 6.54 Å². The van der Waals surface area contributed by atoms with Gasteiger partial charge in [0.1, 0.15) is 6.61 Å². The van der Waals surface area contributed by atoms with E-state index in [1.807, 2.05) is 37.4 Å². The van der Waals surface area contributed by atoms with E-state index in [-0.39, 0.29) is 5.91 Å². The molecule has 1 N–H and O–H groups in total. The van der Waals surface area contributed by atoms with Crippen molar-refractivity contribution in [2.24, 2.45) is 0 Å². The molecular formula is C23H23N3O2. The lowest BCUT2D eigenvalue weighted by molar-refractivity contribution is 0.0946. The third-order valence-corrected chi connectivity index (χ3v) is 5.03. The van der Waals surface area contributed by atoms with Gasteiger partial charge in [0.15, 0.2) is 5.75 Å². The minimum absolute atomic E-state index is 0.147. The lowest BCUT2D eigenvalue weighted by atomic mass is 9.96. The lowest BCUT2D eigenvalue weighted by Crippen LogP contribution is -2.31. The summed E-state index contributed by atoms with van der Waals surface area (Å²) in [6.45, 7) is 3.86. The molecule has 2 heterocycles. The van der Waals surface area contributed by atoms with Crippen LogP contribution in [0, 0.1) is 6.92 Å². The fraction of sp³-hybridized carbons (Fsp3) is 0.217. The largest absolute Gasteiger partial charge is 0.489 e. The van der Waals surface area contributed by atoms with Crippen LogP contribution in [0.15, 0.2) is 60.9 Å². The van der Waals surface area contributed by atoms with Gasteiger partial charge in [-0.25, -0.2) is 0 Å². The number of fused-ring (bicyclic) bond motifs is 1. The number of aromatic nitrogens is 1. The van der Waals surface area contributed by atoms with E-state index in [1.165, 1.54) is 5.56 Å². The smallest absolute Gasteiger partial charge is 0.255 e. The predicted octanol–water partition coefficient (Wildman–Crippen LogP) is 3.82. The van der Waals surface area contributed by atoms with Gasteiger partial charge in [-0.1, -0.05) is 30.3 Å². The quantitative estimate of drug-likeness (QED) is 0.755. The number of amides is 1. The Kier molecular flexibility index (Phi) is 4.98. The van der Waals surface area contributed by atoms with Crippen molar-refractivity contribution in [2.75, 3.05) is 25.1 Å². The van der Waals surface area contributed by atoms with Crippen LogP contribution < -0.4 is 15.0 Å². The third-order valence-electron chi connectivity index (χ3n) is 5.03. The third kappa shape index (κ3) is 3.56. The van der Waals surface area contributed by atoms with E-state index < -0.39 is 0 Å². The first-order chi connectivity index (χ1) is 13.6. The maximum absolute atomic E-state index is 13.0. The van der Waals surface area contributed by atoms with Crippen LogP contribution >= 0.6 is 0 Å². The van der Waals surface area contributed by atoms with Crippen LogP contribution in [-0.4, -0.2) is 31.1 Å². The number of hydrogen-bond acceptors (Lipinski definition) is 4. The molecule has 1 aliphatic heterocycles. The van der Waals surface area contributed by atoms with Crippen LogP contribution in [0.25, 0.3) is 11.1 Å². The van der Waals surface area contributed by atoms with Crippen molar-refractivity contribution in [3.05, 3.63) is 77.6 Å². The lowest BCUT2D eigenvalue weighted by Gasteiger charge is -2.30. The Balaban J connectivity index is 1.72. The monoisotopic (exact) mass is 373 g/mol. The number of carbonyl (C=O) groups is 1. The van der Waals surface area contributed by atoms with Gasteiger partial charge < -0.3 is 15.0 Å². The summed E-state index contributed by atoms with van der Waals surface area (Å²) >= 11 is 0. The Bertz CT molecular complexity index is 1000. The summed E-state index contributed by atoms with van der Waals surface area (Å²) in [6.07, 6.45) is 3.47. The number of rotatable bonds is 4. The van der Waals surface area contributed by atoms with Crippen molar-refractivity contribution in [1.29, 1.82) is 0 Å². The number of nitrogens with zero attached hydrogens (tertiary/aromatic N) is 2.